The first-order valence-corrected chi connectivity index (χ1v) is 10.3. The summed E-state index contributed by atoms with van der Waals surface area (Å²) in [6, 6.07) is 12.6. The van der Waals surface area contributed by atoms with Crippen LogP contribution in [-0.4, -0.2) is 24.5 Å². The number of rotatable bonds is 6. The molecule has 0 atom stereocenters. The minimum absolute atomic E-state index is 0.134. The molecule has 0 bridgehead atoms. The normalized spacial score (nSPS) is 11.0. The van der Waals surface area contributed by atoms with E-state index in [4.69, 9.17) is 0 Å². The molecule has 4 aromatic rings. The van der Waals surface area contributed by atoms with E-state index in [0.29, 0.717) is 18.5 Å². The number of imidazole rings is 1. The number of aryl methyl sites for hydroxylation is 2. The van der Waals surface area contributed by atoms with Gasteiger partial charge in [0, 0.05) is 42.5 Å². The summed E-state index contributed by atoms with van der Waals surface area (Å²) in [6.45, 7) is 1.99. The molecule has 0 unspecified atom stereocenters. The highest BCUT2D eigenvalue weighted by Crippen LogP contribution is 2.18. The fourth-order valence-electron chi connectivity index (χ4n) is 3.13. The van der Waals surface area contributed by atoms with Gasteiger partial charge < -0.3 is 4.57 Å². The lowest BCUT2D eigenvalue weighted by molar-refractivity contribution is 0.0986. The van der Waals surface area contributed by atoms with E-state index in [2.05, 4.69) is 4.98 Å². The Morgan fingerprint density at radius 2 is 1.77 bits per heavy atom. The van der Waals surface area contributed by atoms with Gasteiger partial charge in [-0.3, -0.25) is 18.7 Å². The summed E-state index contributed by atoms with van der Waals surface area (Å²) in [7, 11) is 1.45. The summed E-state index contributed by atoms with van der Waals surface area (Å²) in [5.41, 5.74) is 1.65. The zero-order chi connectivity index (χ0) is 21.3. The zero-order valence-electron chi connectivity index (χ0n) is 16.6. The number of aromatic nitrogens is 4. The predicted octanol–water partition coefficient (Wildman–Crippen LogP) is 2.91. The summed E-state index contributed by atoms with van der Waals surface area (Å²) in [5.74, 6) is 0.134. The van der Waals surface area contributed by atoms with Crippen molar-refractivity contribution in [3.63, 3.8) is 0 Å². The highest BCUT2D eigenvalue weighted by Gasteiger charge is 2.10. The van der Waals surface area contributed by atoms with E-state index in [9.17, 15) is 14.4 Å². The molecule has 0 fully saturated rings. The fraction of sp³-hybridized carbons (Fsp3) is 0.182. The number of ketones is 1. The summed E-state index contributed by atoms with van der Waals surface area (Å²) < 4.78 is 4.36. The summed E-state index contributed by atoms with van der Waals surface area (Å²) >= 11 is 1.52. The number of hydrogen-bond donors (Lipinski definition) is 0. The predicted molar refractivity (Wildman–Crippen MR) is 116 cm³/mol. The molecule has 0 spiro atoms. The smallest absolute Gasteiger partial charge is 0.306 e. The van der Waals surface area contributed by atoms with Crippen LogP contribution in [0.2, 0.25) is 0 Å². The molecular weight excluding hydrogens is 400 g/mol. The summed E-state index contributed by atoms with van der Waals surface area (Å²) in [5, 5.41) is 0. The van der Waals surface area contributed by atoms with E-state index in [1.165, 1.54) is 35.2 Å². The van der Waals surface area contributed by atoms with Crippen LogP contribution in [-0.2, 0) is 13.5 Å². The second-order valence-corrected chi connectivity index (χ2v) is 8.28. The molecule has 8 heteroatoms. The number of benzene rings is 1. The molecule has 0 aliphatic heterocycles. The van der Waals surface area contributed by atoms with Gasteiger partial charge in [0.15, 0.2) is 5.78 Å². The van der Waals surface area contributed by atoms with Crippen molar-refractivity contribution in [2.24, 2.45) is 7.05 Å². The number of carbonyl (C=O) groups is 1. The topological polar surface area (TPSA) is 78.9 Å². The van der Waals surface area contributed by atoms with Crippen LogP contribution in [0.15, 0.2) is 70.8 Å². The van der Waals surface area contributed by atoms with E-state index >= 15 is 0 Å². The maximum atomic E-state index is 12.3. The molecule has 0 saturated heterocycles. The van der Waals surface area contributed by atoms with E-state index < -0.39 is 5.69 Å². The Kier molecular flexibility index (Phi) is 5.33. The van der Waals surface area contributed by atoms with Crippen LogP contribution in [0, 0.1) is 6.92 Å². The van der Waals surface area contributed by atoms with Crippen LogP contribution in [0.1, 0.15) is 26.7 Å². The number of nitrogens with zero attached hydrogens (tertiary/aromatic N) is 4. The number of carbonyl (C=O) groups excluding carboxylic acids is 1. The highest BCUT2D eigenvalue weighted by atomic mass is 32.1. The molecule has 4 rings (SSSR count). The Hall–Kier alpha value is -3.52. The fourth-order valence-corrected chi connectivity index (χ4v) is 3.97. The number of Topliss-reactive ketones (excluding diaryl/α,β-unsaturated/α-hetero) is 1. The largest absolute Gasteiger partial charge is 0.335 e. The summed E-state index contributed by atoms with van der Waals surface area (Å²) in [6.07, 6.45) is 6.09. The first kappa shape index (κ1) is 19.8. The van der Waals surface area contributed by atoms with Crippen LogP contribution in [0.4, 0.5) is 0 Å². The standard InChI is InChI=1S/C22H20N4O3S/c1-15-3-10-20(30-15)19(27)9-4-16-13-25(14-23-16)17-5-7-18(8-6-17)26-12-11-21(28)24(2)22(26)29/h3,5-8,10-14H,4,9H2,1-2H3. The summed E-state index contributed by atoms with van der Waals surface area (Å²) in [4.78, 5) is 42.4. The quantitative estimate of drug-likeness (QED) is 0.449. The average Bonchev–Trinajstić information content (AvgIpc) is 3.40. The van der Waals surface area contributed by atoms with Gasteiger partial charge in [-0.2, -0.15) is 0 Å². The van der Waals surface area contributed by atoms with E-state index in [0.717, 1.165) is 25.7 Å². The molecule has 3 heterocycles. The Labute approximate surface area is 176 Å². The maximum absolute atomic E-state index is 12.3. The van der Waals surface area contributed by atoms with Crippen molar-refractivity contribution in [2.75, 3.05) is 0 Å². The van der Waals surface area contributed by atoms with Gasteiger partial charge in [0.2, 0.25) is 0 Å². The van der Waals surface area contributed by atoms with Crippen molar-refractivity contribution >= 4 is 17.1 Å². The molecule has 30 heavy (non-hydrogen) atoms. The molecule has 0 N–H and O–H groups in total. The van der Waals surface area contributed by atoms with Gasteiger partial charge in [-0.15, -0.1) is 11.3 Å². The van der Waals surface area contributed by atoms with E-state index in [1.54, 1.807) is 6.33 Å². The third-order valence-electron chi connectivity index (χ3n) is 4.88. The Balaban J connectivity index is 1.47. The molecule has 3 aromatic heterocycles. The second-order valence-electron chi connectivity index (χ2n) is 6.99. The second kappa shape index (κ2) is 8.08. The van der Waals surface area contributed by atoms with Gasteiger partial charge in [-0.05, 0) is 49.7 Å². The molecule has 0 aliphatic rings. The van der Waals surface area contributed by atoms with Gasteiger partial charge in [-0.1, -0.05) is 0 Å². The van der Waals surface area contributed by atoms with Crippen molar-refractivity contribution in [1.29, 1.82) is 0 Å². The third-order valence-corrected chi connectivity index (χ3v) is 5.92. The van der Waals surface area contributed by atoms with Crippen LogP contribution in [0.5, 0.6) is 0 Å². The minimum Gasteiger partial charge on any atom is -0.306 e. The van der Waals surface area contributed by atoms with E-state index in [-0.39, 0.29) is 11.3 Å². The molecule has 0 radical (unpaired) electrons. The zero-order valence-corrected chi connectivity index (χ0v) is 17.4. The molecular formula is C22H20N4O3S. The molecule has 1 aromatic carbocycles. The first-order chi connectivity index (χ1) is 14.4. The number of hydrogen-bond acceptors (Lipinski definition) is 5. The molecule has 152 valence electrons. The van der Waals surface area contributed by atoms with E-state index in [1.807, 2.05) is 54.1 Å². The molecule has 7 nitrogen and oxygen atoms in total. The van der Waals surface area contributed by atoms with Crippen molar-refractivity contribution in [1.82, 2.24) is 18.7 Å². The van der Waals surface area contributed by atoms with Gasteiger partial charge in [0.25, 0.3) is 5.56 Å². The first-order valence-electron chi connectivity index (χ1n) is 9.44. The molecule has 0 saturated carbocycles. The average molecular weight is 420 g/mol. The highest BCUT2D eigenvalue weighted by molar-refractivity contribution is 7.14. The van der Waals surface area contributed by atoms with Crippen LogP contribution < -0.4 is 11.2 Å². The Bertz CT molecular complexity index is 1330. The van der Waals surface area contributed by atoms with Gasteiger partial charge in [-0.25, -0.2) is 9.78 Å². The van der Waals surface area contributed by atoms with Crippen molar-refractivity contribution < 1.29 is 4.79 Å². The lowest BCUT2D eigenvalue weighted by Gasteiger charge is -2.08. The van der Waals surface area contributed by atoms with Crippen molar-refractivity contribution in [2.45, 2.75) is 19.8 Å². The van der Waals surface area contributed by atoms with Crippen LogP contribution >= 0.6 is 11.3 Å². The van der Waals surface area contributed by atoms with Crippen molar-refractivity contribution in [3.8, 4) is 11.4 Å². The Morgan fingerprint density at radius 3 is 2.47 bits per heavy atom. The lowest BCUT2D eigenvalue weighted by Crippen LogP contribution is -2.36. The van der Waals surface area contributed by atoms with Gasteiger partial charge in [0.1, 0.15) is 0 Å². The molecule has 0 aliphatic carbocycles. The third kappa shape index (κ3) is 3.95. The Morgan fingerprint density at radius 1 is 1.03 bits per heavy atom. The van der Waals surface area contributed by atoms with Gasteiger partial charge >= 0.3 is 5.69 Å². The maximum Gasteiger partial charge on any atom is 0.335 e. The molecule has 0 amide bonds. The van der Waals surface area contributed by atoms with Crippen molar-refractivity contribution in [3.05, 3.63) is 97.5 Å². The van der Waals surface area contributed by atoms with Gasteiger partial charge in [0.05, 0.1) is 22.6 Å². The minimum atomic E-state index is -0.397. The SMILES string of the molecule is Cc1ccc(C(=O)CCc2cn(-c3ccc(-n4ccc(=O)n(C)c4=O)cc3)cn2)s1. The lowest BCUT2D eigenvalue weighted by atomic mass is 10.1. The monoisotopic (exact) mass is 420 g/mol. The van der Waals surface area contributed by atoms with Crippen LogP contribution in [0.3, 0.4) is 0 Å². The van der Waals surface area contributed by atoms with Crippen LogP contribution in [0.25, 0.3) is 11.4 Å². The number of thiophene rings is 1.